The highest BCUT2D eigenvalue weighted by Gasteiger charge is 2.33. The molecule has 0 aliphatic carbocycles. The monoisotopic (exact) mass is 457 g/mol. The van der Waals surface area contributed by atoms with Crippen LogP contribution >= 0.6 is 11.6 Å². The van der Waals surface area contributed by atoms with Crippen LogP contribution in [0.4, 0.5) is 5.82 Å². The van der Waals surface area contributed by atoms with Gasteiger partial charge in [-0.05, 0) is 43.5 Å². The molecule has 1 fully saturated rings. The number of halogens is 1. The second kappa shape index (κ2) is 7.67. The van der Waals surface area contributed by atoms with Crippen molar-refractivity contribution in [1.82, 2.24) is 29.5 Å². The van der Waals surface area contributed by atoms with Crippen molar-refractivity contribution in [2.45, 2.75) is 25.8 Å². The number of para-hydroxylation sites is 1. The molecule has 1 aliphatic rings. The van der Waals surface area contributed by atoms with Crippen molar-refractivity contribution in [2.24, 2.45) is 0 Å². The molecule has 164 valence electrons. The highest BCUT2D eigenvalue weighted by molar-refractivity contribution is 6.35. The Hall–Kier alpha value is -3.78. The van der Waals surface area contributed by atoms with Gasteiger partial charge in [-0.15, -0.1) is 0 Å². The number of aromatic amines is 1. The lowest BCUT2D eigenvalue weighted by atomic mass is 10.1. The maximum Gasteiger partial charge on any atom is 0.267 e. The predicted octanol–water partition coefficient (Wildman–Crippen LogP) is 4.36. The number of imidazole rings is 1. The molecule has 3 aromatic heterocycles. The third-order valence-electron chi connectivity index (χ3n) is 6.25. The van der Waals surface area contributed by atoms with E-state index >= 15 is 0 Å². The van der Waals surface area contributed by atoms with Crippen LogP contribution in [0.1, 0.15) is 30.3 Å². The number of hydrogen-bond donors (Lipinski definition) is 1. The van der Waals surface area contributed by atoms with E-state index in [-0.39, 0.29) is 11.6 Å². The van der Waals surface area contributed by atoms with Gasteiger partial charge in [-0.1, -0.05) is 35.9 Å². The molecule has 0 saturated carbocycles. The number of fused-ring (bicyclic) bond motifs is 2. The molecule has 1 N–H and O–H groups in total. The normalized spacial score (nSPS) is 16.2. The lowest BCUT2D eigenvalue weighted by Gasteiger charge is -2.28. The minimum absolute atomic E-state index is 0.151. The molecule has 1 saturated heterocycles. The Balaban J connectivity index is 1.63. The molecule has 6 rings (SSSR count). The summed E-state index contributed by atoms with van der Waals surface area (Å²) in [6.07, 6.45) is 4.93. The standard InChI is InChI=1S/C24H20ClN7O/c1-14-6-2-3-9-17(14)32-22(30-16-8-4-7-15(25)19(16)24(32)33)18-10-5-11-31(18)23-20-21(27-12-26-20)28-13-29-23/h2-4,6-9,12-13,18H,5,10-11H2,1H3,(H,26,27,28,29)/t18-/m0/s1. The summed E-state index contributed by atoms with van der Waals surface area (Å²) in [5, 5.41) is 0.825. The van der Waals surface area contributed by atoms with E-state index in [2.05, 4.69) is 24.8 Å². The summed E-state index contributed by atoms with van der Waals surface area (Å²) in [7, 11) is 0. The maximum absolute atomic E-state index is 13.9. The summed E-state index contributed by atoms with van der Waals surface area (Å²) in [5.74, 6) is 1.43. The number of H-pyrrole nitrogens is 1. The fourth-order valence-electron chi connectivity index (χ4n) is 4.74. The molecular formula is C24H20ClN7O. The third kappa shape index (κ3) is 3.09. The molecule has 2 aromatic carbocycles. The van der Waals surface area contributed by atoms with Gasteiger partial charge >= 0.3 is 0 Å². The van der Waals surface area contributed by atoms with Gasteiger partial charge in [0.2, 0.25) is 0 Å². The summed E-state index contributed by atoms with van der Waals surface area (Å²) in [5.41, 5.74) is 3.59. The van der Waals surface area contributed by atoms with E-state index in [0.717, 1.165) is 42.0 Å². The van der Waals surface area contributed by atoms with E-state index in [4.69, 9.17) is 16.6 Å². The zero-order valence-corrected chi connectivity index (χ0v) is 18.6. The molecule has 1 aliphatic heterocycles. The third-order valence-corrected chi connectivity index (χ3v) is 6.57. The van der Waals surface area contributed by atoms with E-state index in [0.29, 0.717) is 27.4 Å². The molecule has 0 spiro atoms. The Kier molecular flexibility index (Phi) is 4.62. The molecule has 0 amide bonds. The van der Waals surface area contributed by atoms with Crippen LogP contribution in [0.2, 0.25) is 5.02 Å². The molecular weight excluding hydrogens is 438 g/mol. The first-order chi connectivity index (χ1) is 16.1. The Morgan fingerprint density at radius 2 is 1.97 bits per heavy atom. The number of aryl methyl sites for hydroxylation is 1. The van der Waals surface area contributed by atoms with Crippen LogP contribution < -0.4 is 10.5 Å². The Morgan fingerprint density at radius 1 is 1.09 bits per heavy atom. The minimum atomic E-state index is -0.170. The predicted molar refractivity (Wildman–Crippen MR) is 128 cm³/mol. The second-order valence-corrected chi connectivity index (χ2v) is 8.59. The average Bonchev–Trinajstić information content (AvgIpc) is 3.49. The number of benzene rings is 2. The van der Waals surface area contributed by atoms with Crippen molar-refractivity contribution in [3.05, 3.63) is 81.9 Å². The lowest BCUT2D eigenvalue weighted by molar-refractivity contribution is 0.633. The fourth-order valence-corrected chi connectivity index (χ4v) is 4.99. The van der Waals surface area contributed by atoms with Crippen molar-refractivity contribution < 1.29 is 0 Å². The van der Waals surface area contributed by atoms with Crippen LogP contribution in [0.5, 0.6) is 0 Å². The topological polar surface area (TPSA) is 92.6 Å². The van der Waals surface area contributed by atoms with Crippen LogP contribution in [0.15, 0.2) is 59.9 Å². The zero-order valence-electron chi connectivity index (χ0n) is 17.9. The van der Waals surface area contributed by atoms with Crippen LogP contribution in [0.3, 0.4) is 0 Å². The highest BCUT2D eigenvalue weighted by Crippen LogP contribution is 2.37. The molecule has 5 aromatic rings. The molecule has 1 atom stereocenters. The van der Waals surface area contributed by atoms with Gasteiger partial charge in [-0.25, -0.2) is 19.9 Å². The van der Waals surface area contributed by atoms with Gasteiger partial charge in [0, 0.05) is 6.54 Å². The van der Waals surface area contributed by atoms with Gasteiger partial charge in [0.15, 0.2) is 11.5 Å². The van der Waals surface area contributed by atoms with Crippen molar-refractivity contribution >= 4 is 39.5 Å². The summed E-state index contributed by atoms with van der Waals surface area (Å²) < 4.78 is 1.72. The van der Waals surface area contributed by atoms with Gasteiger partial charge in [0.25, 0.3) is 5.56 Å². The number of aromatic nitrogens is 6. The van der Waals surface area contributed by atoms with Crippen LogP contribution in [-0.4, -0.2) is 36.0 Å². The first-order valence-electron chi connectivity index (χ1n) is 10.8. The number of anilines is 1. The van der Waals surface area contributed by atoms with Crippen molar-refractivity contribution in [3.8, 4) is 5.69 Å². The molecule has 9 heteroatoms. The van der Waals surface area contributed by atoms with Crippen molar-refractivity contribution in [3.63, 3.8) is 0 Å². The van der Waals surface area contributed by atoms with E-state index in [9.17, 15) is 4.79 Å². The molecule has 33 heavy (non-hydrogen) atoms. The maximum atomic E-state index is 13.9. The largest absolute Gasteiger partial charge is 0.345 e. The first-order valence-corrected chi connectivity index (χ1v) is 11.2. The molecule has 8 nitrogen and oxygen atoms in total. The van der Waals surface area contributed by atoms with E-state index in [1.165, 1.54) is 6.33 Å². The fraction of sp³-hybridized carbons (Fsp3) is 0.208. The van der Waals surface area contributed by atoms with Gasteiger partial charge in [-0.3, -0.25) is 9.36 Å². The quantitative estimate of drug-likeness (QED) is 0.433. The summed E-state index contributed by atoms with van der Waals surface area (Å²) >= 11 is 6.46. The Bertz CT molecular complexity index is 1570. The van der Waals surface area contributed by atoms with E-state index in [1.807, 2.05) is 43.3 Å². The molecule has 4 heterocycles. The van der Waals surface area contributed by atoms with Gasteiger partial charge < -0.3 is 9.88 Å². The van der Waals surface area contributed by atoms with Gasteiger partial charge in [-0.2, -0.15) is 0 Å². The first kappa shape index (κ1) is 19.9. The van der Waals surface area contributed by atoms with Crippen molar-refractivity contribution in [1.29, 1.82) is 0 Å². The number of nitrogens with one attached hydrogen (secondary N) is 1. The van der Waals surface area contributed by atoms with Gasteiger partial charge in [0.1, 0.15) is 17.7 Å². The lowest BCUT2D eigenvalue weighted by Crippen LogP contribution is -2.32. The SMILES string of the molecule is Cc1ccccc1-n1c([C@@H]2CCCN2c2ncnc3nc[nH]c23)nc2cccc(Cl)c2c1=O. The van der Waals surface area contributed by atoms with Crippen LogP contribution in [0, 0.1) is 6.92 Å². The minimum Gasteiger partial charge on any atom is -0.345 e. The Labute approximate surface area is 193 Å². The Morgan fingerprint density at radius 3 is 2.85 bits per heavy atom. The van der Waals surface area contributed by atoms with Crippen LogP contribution in [-0.2, 0) is 0 Å². The number of rotatable bonds is 3. The van der Waals surface area contributed by atoms with Gasteiger partial charge in [0.05, 0.1) is 34.0 Å². The highest BCUT2D eigenvalue weighted by atomic mass is 35.5. The van der Waals surface area contributed by atoms with Crippen molar-refractivity contribution in [2.75, 3.05) is 11.4 Å². The molecule has 0 bridgehead atoms. The summed E-state index contributed by atoms with van der Waals surface area (Å²) in [4.78, 5) is 37.3. The number of hydrogen-bond acceptors (Lipinski definition) is 6. The smallest absolute Gasteiger partial charge is 0.267 e. The van der Waals surface area contributed by atoms with Crippen LogP contribution in [0.25, 0.3) is 27.8 Å². The van der Waals surface area contributed by atoms with E-state index < -0.39 is 0 Å². The summed E-state index contributed by atoms with van der Waals surface area (Å²) in [6.45, 7) is 2.78. The summed E-state index contributed by atoms with van der Waals surface area (Å²) in [6, 6.07) is 13.1. The molecule has 0 radical (unpaired) electrons. The zero-order chi connectivity index (χ0) is 22.5. The van der Waals surface area contributed by atoms with E-state index in [1.54, 1.807) is 17.0 Å². The molecule has 0 unspecified atom stereocenters. The number of nitrogens with zero attached hydrogens (tertiary/aromatic N) is 6. The average molecular weight is 458 g/mol. The second-order valence-electron chi connectivity index (χ2n) is 8.18.